The van der Waals surface area contributed by atoms with E-state index >= 15 is 0 Å². The number of hydrogen-bond acceptors (Lipinski definition) is 3. The highest BCUT2D eigenvalue weighted by Crippen LogP contribution is 2.29. The first-order chi connectivity index (χ1) is 9.83. The third-order valence-electron chi connectivity index (χ3n) is 4.01. The standard InChI is InChI=1S/C16H16N4/c17-12-8-9-15-18-19-16(20(15)10-12)14-7-3-5-11-4-1-2-6-13(11)14/h1-7,12H,8-10,17H2. The summed E-state index contributed by atoms with van der Waals surface area (Å²) in [6, 6.07) is 14.9. The van der Waals surface area contributed by atoms with Crippen molar-refractivity contribution in [1.29, 1.82) is 0 Å². The largest absolute Gasteiger partial charge is 0.326 e. The Kier molecular flexibility index (Phi) is 2.57. The van der Waals surface area contributed by atoms with Gasteiger partial charge in [-0.3, -0.25) is 0 Å². The Hall–Kier alpha value is -2.20. The van der Waals surface area contributed by atoms with Crippen LogP contribution in [-0.4, -0.2) is 20.8 Å². The van der Waals surface area contributed by atoms with Crippen LogP contribution in [0.5, 0.6) is 0 Å². The predicted octanol–water partition coefficient (Wildman–Crippen LogP) is 2.37. The third kappa shape index (κ3) is 1.72. The van der Waals surface area contributed by atoms with Gasteiger partial charge in [-0.2, -0.15) is 0 Å². The molecule has 1 aliphatic heterocycles. The molecule has 20 heavy (non-hydrogen) atoms. The first kappa shape index (κ1) is 11.6. The number of aromatic nitrogens is 3. The zero-order valence-corrected chi connectivity index (χ0v) is 11.2. The van der Waals surface area contributed by atoms with E-state index in [0.717, 1.165) is 36.6 Å². The predicted molar refractivity (Wildman–Crippen MR) is 79.3 cm³/mol. The zero-order valence-electron chi connectivity index (χ0n) is 11.2. The molecule has 4 heteroatoms. The summed E-state index contributed by atoms with van der Waals surface area (Å²) >= 11 is 0. The van der Waals surface area contributed by atoms with Crippen molar-refractivity contribution in [3.05, 3.63) is 48.3 Å². The minimum atomic E-state index is 0.201. The summed E-state index contributed by atoms with van der Waals surface area (Å²) < 4.78 is 2.18. The fourth-order valence-corrected chi connectivity index (χ4v) is 2.97. The van der Waals surface area contributed by atoms with E-state index in [4.69, 9.17) is 5.73 Å². The van der Waals surface area contributed by atoms with E-state index in [1.54, 1.807) is 0 Å². The quantitative estimate of drug-likeness (QED) is 0.734. The van der Waals surface area contributed by atoms with Gasteiger partial charge in [0, 0.05) is 24.6 Å². The van der Waals surface area contributed by atoms with Gasteiger partial charge < -0.3 is 10.3 Å². The SMILES string of the molecule is NC1CCc2nnc(-c3cccc4ccccc34)n2C1. The van der Waals surface area contributed by atoms with Crippen LogP contribution < -0.4 is 5.73 Å². The van der Waals surface area contributed by atoms with E-state index < -0.39 is 0 Å². The molecule has 0 fully saturated rings. The highest BCUT2D eigenvalue weighted by molar-refractivity contribution is 5.95. The molecule has 2 heterocycles. The maximum atomic E-state index is 6.09. The summed E-state index contributed by atoms with van der Waals surface area (Å²) in [4.78, 5) is 0. The van der Waals surface area contributed by atoms with Gasteiger partial charge in [-0.05, 0) is 17.2 Å². The summed E-state index contributed by atoms with van der Waals surface area (Å²) in [5.74, 6) is 1.99. The van der Waals surface area contributed by atoms with Gasteiger partial charge in [0.05, 0.1) is 0 Å². The van der Waals surface area contributed by atoms with Crippen molar-refractivity contribution >= 4 is 10.8 Å². The van der Waals surface area contributed by atoms with Crippen molar-refractivity contribution in [2.45, 2.75) is 25.4 Å². The van der Waals surface area contributed by atoms with Gasteiger partial charge in [0.15, 0.2) is 5.82 Å². The second-order valence-corrected chi connectivity index (χ2v) is 5.38. The van der Waals surface area contributed by atoms with Gasteiger partial charge in [-0.1, -0.05) is 42.5 Å². The lowest BCUT2D eigenvalue weighted by Crippen LogP contribution is -2.32. The number of nitrogens with two attached hydrogens (primary N) is 1. The van der Waals surface area contributed by atoms with E-state index in [1.165, 1.54) is 10.8 Å². The molecular weight excluding hydrogens is 248 g/mol. The molecule has 0 radical (unpaired) electrons. The summed E-state index contributed by atoms with van der Waals surface area (Å²) in [5.41, 5.74) is 7.23. The average molecular weight is 264 g/mol. The van der Waals surface area contributed by atoms with Crippen molar-refractivity contribution in [2.75, 3.05) is 0 Å². The molecule has 2 aromatic carbocycles. The van der Waals surface area contributed by atoms with Crippen molar-refractivity contribution < 1.29 is 0 Å². The fraction of sp³-hybridized carbons (Fsp3) is 0.250. The number of aryl methyl sites for hydroxylation is 1. The van der Waals surface area contributed by atoms with Gasteiger partial charge in [-0.25, -0.2) is 0 Å². The van der Waals surface area contributed by atoms with E-state index in [1.807, 2.05) is 0 Å². The van der Waals surface area contributed by atoms with Crippen LogP contribution in [0.1, 0.15) is 12.2 Å². The van der Waals surface area contributed by atoms with Crippen LogP contribution in [0.25, 0.3) is 22.2 Å². The van der Waals surface area contributed by atoms with Crippen molar-refractivity contribution in [2.24, 2.45) is 5.73 Å². The minimum Gasteiger partial charge on any atom is -0.326 e. The average Bonchev–Trinajstić information content (AvgIpc) is 2.89. The van der Waals surface area contributed by atoms with E-state index in [2.05, 4.69) is 57.2 Å². The van der Waals surface area contributed by atoms with Gasteiger partial charge in [0.2, 0.25) is 0 Å². The Morgan fingerprint density at radius 3 is 2.85 bits per heavy atom. The molecule has 1 aliphatic rings. The normalized spacial score (nSPS) is 18.1. The van der Waals surface area contributed by atoms with E-state index in [9.17, 15) is 0 Å². The lowest BCUT2D eigenvalue weighted by Gasteiger charge is -2.21. The van der Waals surface area contributed by atoms with Crippen LogP contribution >= 0.6 is 0 Å². The molecule has 0 amide bonds. The molecule has 1 unspecified atom stereocenters. The molecule has 4 rings (SSSR count). The van der Waals surface area contributed by atoms with Crippen molar-refractivity contribution in [3.63, 3.8) is 0 Å². The van der Waals surface area contributed by atoms with Crippen molar-refractivity contribution in [3.8, 4) is 11.4 Å². The molecule has 0 aliphatic carbocycles. The van der Waals surface area contributed by atoms with Crippen molar-refractivity contribution in [1.82, 2.24) is 14.8 Å². The van der Waals surface area contributed by atoms with Gasteiger partial charge >= 0.3 is 0 Å². The zero-order chi connectivity index (χ0) is 13.5. The minimum absolute atomic E-state index is 0.201. The van der Waals surface area contributed by atoms with Crippen LogP contribution in [0.2, 0.25) is 0 Å². The fourth-order valence-electron chi connectivity index (χ4n) is 2.97. The molecule has 0 spiro atoms. The first-order valence-corrected chi connectivity index (χ1v) is 6.99. The molecular formula is C16H16N4. The summed E-state index contributed by atoms with van der Waals surface area (Å²) in [5, 5.41) is 11.2. The monoisotopic (exact) mass is 264 g/mol. The second-order valence-electron chi connectivity index (χ2n) is 5.38. The summed E-state index contributed by atoms with van der Waals surface area (Å²) in [6.45, 7) is 0.806. The van der Waals surface area contributed by atoms with Crippen LogP contribution in [0.4, 0.5) is 0 Å². The lowest BCUT2D eigenvalue weighted by molar-refractivity contribution is 0.456. The van der Waals surface area contributed by atoms with E-state index in [0.29, 0.717) is 0 Å². The lowest BCUT2D eigenvalue weighted by atomic mass is 10.0. The highest BCUT2D eigenvalue weighted by atomic mass is 15.3. The second kappa shape index (κ2) is 4.42. The molecule has 2 N–H and O–H groups in total. The van der Waals surface area contributed by atoms with Gasteiger partial charge in [-0.15, -0.1) is 10.2 Å². The topological polar surface area (TPSA) is 56.7 Å². The van der Waals surface area contributed by atoms with Gasteiger partial charge in [0.25, 0.3) is 0 Å². The van der Waals surface area contributed by atoms with E-state index in [-0.39, 0.29) is 6.04 Å². The molecule has 4 nitrogen and oxygen atoms in total. The number of hydrogen-bond donors (Lipinski definition) is 1. The Balaban J connectivity index is 1.94. The Bertz CT molecular complexity index is 770. The smallest absolute Gasteiger partial charge is 0.164 e. The maximum Gasteiger partial charge on any atom is 0.164 e. The number of rotatable bonds is 1. The van der Waals surface area contributed by atoms with Crippen LogP contribution in [0.3, 0.4) is 0 Å². The Morgan fingerprint density at radius 2 is 1.90 bits per heavy atom. The van der Waals surface area contributed by atoms with Crippen LogP contribution in [0, 0.1) is 0 Å². The highest BCUT2D eigenvalue weighted by Gasteiger charge is 2.21. The Labute approximate surface area is 117 Å². The molecule has 0 bridgehead atoms. The molecule has 100 valence electrons. The first-order valence-electron chi connectivity index (χ1n) is 6.99. The molecule has 1 aromatic heterocycles. The van der Waals surface area contributed by atoms with Gasteiger partial charge in [0.1, 0.15) is 5.82 Å². The molecule has 0 saturated heterocycles. The van der Waals surface area contributed by atoms with Crippen LogP contribution in [0.15, 0.2) is 42.5 Å². The molecule has 0 saturated carbocycles. The number of nitrogens with zero attached hydrogens (tertiary/aromatic N) is 3. The number of fused-ring (bicyclic) bond motifs is 2. The number of benzene rings is 2. The maximum absolute atomic E-state index is 6.09. The summed E-state index contributed by atoms with van der Waals surface area (Å²) in [7, 11) is 0. The Morgan fingerprint density at radius 1 is 1.05 bits per heavy atom. The summed E-state index contributed by atoms with van der Waals surface area (Å²) in [6.07, 6.45) is 1.91. The molecule has 3 aromatic rings. The third-order valence-corrected chi connectivity index (χ3v) is 4.01. The van der Waals surface area contributed by atoms with Crippen LogP contribution in [-0.2, 0) is 13.0 Å². The molecule has 1 atom stereocenters.